The molecule has 1 unspecified atom stereocenters. The fraction of sp³-hybridized carbons (Fsp3) is 0.333. The Bertz CT molecular complexity index is 1260. The topological polar surface area (TPSA) is 111 Å². The Hall–Kier alpha value is -4.31. The lowest BCUT2D eigenvalue weighted by Gasteiger charge is -2.36. The van der Waals surface area contributed by atoms with Crippen LogP contribution in [-0.2, 0) is 11.3 Å². The van der Waals surface area contributed by atoms with E-state index in [4.69, 9.17) is 9.47 Å². The molecular formula is C30H32FN3O6. The summed E-state index contributed by atoms with van der Waals surface area (Å²) in [6.45, 7) is 1.95. The largest absolute Gasteiger partial charge is 0.415 e. The molecule has 1 fully saturated rings. The van der Waals surface area contributed by atoms with E-state index in [9.17, 15) is 24.1 Å². The molecule has 10 heteroatoms. The predicted octanol–water partition coefficient (Wildman–Crippen LogP) is 5.74. The van der Waals surface area contributed by atoms with Crippen LogP contribution in [0.2, 0.25) is 0 Å². The van der Waals surface area contributed by atoms with Crippen LogP contribution in [0.5, 0.6) is 5.75 Å². The van der Waals surface area contributed by atoms with Crippen LogP contribution in [-0.4, -0.2) is 47.6 Å². The quantitative estimate of drug-likeness (QED) is 0.186. The Balaban J connectivity index is 1.31. The minimum atomic E-state index is -0.520. The molecule has 1 heterocycles. The second-order valence-electron chi connectivity index (χ2n) is 9.71. The fourth-order valence-electron chi connectivity index (χ4n) is 4.73. The zero-order valence-electron chi connectivity index (χ0n) is 22.0. The van der Waals surface area contributed by atoms with E-state index in [1.54, 1.807) is 4.90 Å². The molecule has 0 saturated carbocycles. The number of ether oxygens (including phenoxy) is 2. The summed E-state index contributed by atoms with van der Waals surface area (Å²) in [6, 6.07) is 20.5. The first kappa shape index (κ1) is 28.7. The van der Waals surface area contributed by atoms with Crippen LogP contribution in [0.15, 0.2) is 78.9 Å². The first-order valence-corrected chi connectivity index (χ1v) is 13.3. The van der Waals surface area contributed by atoms with E-state index in [2.05, 4.69) is 5.32 Å². The average molecular weight is 550 g/mol. The van der Waals surface area contributed by atoms with Gasteiger partial charge in [-0.1, -0.05) is 30.3 Å². The molecule has 0 spiro atoms. The molecule has 9 nitrogen and oxygen atoms in total. The summed E-state index contributed by atoms with van der Waals surface area (Å²) >= 11 is 0. The summed E-state index contributed by atoms with van der Waals surface area (Å²) in [4.78, 5) is 37.5. The van der Waals surface area contributed by atoms with Crippen LogP contribution >= 0.6 is 0 Å². The molecule has 2 amide bonds. The van der Waals surface area contributed by atoms with E-state index < -0.39 is 16.8 Å². The molecular weight excluding hydrogens is 517 g/mol. The van der Waals surface area contributed by atoms with E-state index in [1.165, 1.54) is 48.5 Å². The number of nitrogens with zero attached hydrogens (tertiary/aromatic N) is 2. The molecule has 1 aliphatic heterocycles. The lowest BCUT2D eigenvalue weighted by Crippen LogP contribution is -2.47. The molecule has 3 aromatic rings. The van der Waals surface area contributed by atoms with Gasteiger partial charge in [0.05, 0.1) is 11.5 Å². The number of non-ortho nitro benzene ring substituents is 1. The van der Waals surface area contributed by atoms with Gasteiger partial charge in [0.1, 0.15) is 11.6 Å². The van der Waals surface area contributed by atoms with Crippen molar-refractivity contribution < 1.29 is 28.4 Å². The van der Waals surface area contributed by atoms with Crippen LogP contribution in [0.25, 0.3) is 0 Å². The van der Waals surface area contributed by atoms with Gasteiger partial charge in [-0.05, 0) is 73.6 Å². The predicted molar refractivity (Wildman–Crippen MR) is 146 cm³/mol. The molecule has 210 valence electrons. The summed E-state index contributed by atoms with van der Waals surface area (Å²) in [6.07, 6.45) is 2.24. The second-order valence-corrected chi connectivity index (χ2v) is 9.71. The van der Waals surface area contributed by atoms with Crippen molar-refractivity contribution in [2.45, 2.75) is 38.3 Å². The summed E-state index contributed by atoms with van der Waals surface area (Å²) in [5.74, 6) is -0.313. The van der Waals surface area contributed by atoms with Crippen molar-refractivity contribution in [1.82, 2.24) is 10.2 Å². The summed E-state index contributed by atoms with van der Waals surface area (Å²) in [7, 11) is 0. The number of nitrogens with one attached hydrogen (secondary N) is 1. The van der Waals surface area contributed by atoms with Gasteiger partial charge in [-0.2, -0.15) is 0 Å². The van der Waals surface area contributed by atoms with Gasteiger partial charge in [0.25, 0.3) is 11.6 Å². The first-order valence-electron chi connectivity index (χ1n) is 13.3. The third-order valence-corrected chi connectivity index (χ3v) is 6.96. The average Bonchev–Trinajstić information content (AvgIpc) is 2.97. The van der Waals surface area contributed by atoms with E-state index >= 15 is 0 Å². The molecule has 0 bridgehead atoms. The Morgan fingerprint density at radius 1 is 1.00 bits per heavy atom. The maximum atomic E-state index is 13.3. The maximum absolute atomic E-state index is 13.3. The number of nitro benzene ring substituents is 1. The number of piperidine rings is 1. The summed E-state index contributed by atoms with van der Waals surface area (Å²) < 4.78 is 24.6. The van der Waals surface area contributed by atoms with E-state index in [0.29, 0.717) is 51.1 Å². The molecule has 0 aliphatic carbocycles. The van der Waals surface area contributed by atoms with Crippen molar-refractivity contribution in [2.24, 2.45) is 5.92 Å². The van der Waals surface area contributed by atoms with Gasteiger partial charge in [0.2, 0.25) is 0 Å². The minimum absolute atomic E-state index is 0.0835. The molecule has 0 aromatic heterocycles. The number of rotatable bonds is 11. The van der Waals surface area contributed by atoms with Crippen molar-refractivity contribution in [1.29, 1.82) is 0 Å². The van der Waals surface area contributed by atoms with Crippen LogP contribution in [0.4, 0.5) is 14.9 Å². The van der Waals surface area contributed by atoms with Gasteiger partial charge in [-0.15, -0.1) is 0 Å². The van der Waals surface area contributed by atoms with Crippen molar-refractivity contribution in [3.8, 4) is 5.75 Å². The van der Waals surface area contributed by atoms with Gasteiger partial charge in [-0.25, -0.2) is 9.18 Å². The normalized spacial score (nSPS) is 14.4. The van der Waals surface area contributed by atoms with E-state index in [1.807, 2.05) is 30.3 Å². The fourth-order valence-corrected chi connectivity index (χ4v) is 4.73. The molecule has 1 saturated heterocycles. The highest BCUT2D eigenvalue weighted by molar-refractivity contribution is 5.94. The first-order chi connectivity index (χ1) is 19.4. The molecule has 1 N–H and O–H groups in total. The lowest BCUT2D eigenvalue weighted by atomic mass is 9.86. The SMILES string of the molecule is O=C(NC(CCCOCc1ccccc1)C1CCN(C(=O)Oc2ccc([N+](=O)[O-])cc2)CC1)c1ccc(F)cc1. The summed E-state index contributed by atoms with van der Waals surface area (Å²) in [5, 5.41) is 13.9. The highest BCUT2D eigenvalue weighted by Gasteiger charge is 2.30. The zero-order chi connectivity index (χ0) is 28.3. The number of carbonyl (C=O) groups is 2. The zero-order valence-corrected chi connectivity index (χ0v) is 22.0. The van der Waals surface area contributed by atoms with Crippen LogP contribution in [0, 0.1) is 21.8 Å². The van der Waals surface area contributed by atoms with E-state index in [-0.39, 0.29) is 29.3 Å². The van der Waals surface area contributed by atoms with Crippen LogP contribution in [0.3, 0.4) is 0 Å². The number of nitro groups is 1. The highest BCUT2D eigenvalue weighted by atomic mass is 19.1. The van der Waals surface area contributed by atoms with Crippen molar-refractivity contribution in [3.05, 3.63) is 106 Å². The molecule has 1 atom stereocenters. The molecule has 1 aliphatic rings. The van der Waals surface area contributed by atoms with Crippen LogP contribution < -0.4 is 10.1 Å². The Labute approximate surface area is 232 Å². The molecule has 40 heavy (non-hydrogen) atoms. The lowest BCUT2D eigenvalue weighted by molar-refractivity contribution is -0.384. The maximum Gasteiger partial charge on any atom is 0.415 e. The van der Waals surface area contributed by atoms with Gasteiger partial charge in [0.15, 0.2) is 0 Å². The Kier molecular flexibility index (Phi) is 10.2. The van der Waals surface area contributed by atoms with E-state index in [0.717, 1.165) is 12.0 Å². The summed E-state index contributed by atoms with van der Waals surface area (Å²) in [5.41, 5.74) is 1.40. The Morgan fingerprint density at radius 3 is 2.33 bits per heavy atom. The standard InChI is InChI=1S/C30H32FN3O6/c31-25-10-8-24(9-11-25)29(35)32-28(7-4-20-39-21-22-5-2-1-3-6-22)23-16-18-33(19-17-23)30(36)40-27-14-12-26(13-15-27)34(37)38/h1-3,5-6,8-15,23,28H,4,7,16-21H2,(H,32,35). The minimum Gasteiger partial charge on any atom is -0.410 e. The van der Waals surface area contributed by atoms with Crippen molar-refractivity contribution >= 4 is 17.7 Å². The molecule has 4 rings (SSSR count). The number of carbonyl (C=O) groups excluding carboxylic acids is 2. The number of hydrogen-bond acceptors (Lipinski definition) is 6. The molecule has 0 radical (unpaired) electrons. The monoisotopic (exact) mass is 549 g/mol. The number of likely N-dealkylation sites (tertiary alicyclic amines) is 1. The second kappa shape index (κ2) is 14.2. The number of halogens is 1. The van der Waals surface area contributed by atoms with Crippen LogP contribution in [0.1, 0.15) is 41.6 Å². The third kappa shape index (κ3) is 8.34. The van der Waals surface area contributed by atoms with Crippen molar-refractivity contribution in [2.75, 3.05) is 19.7 Å². The number of amides is 2. The van der Waals surface area contributed by atoms with Crippen molar-refractivity contribution in [3.63, 3.8) is 0 Å². The highest BCUT2D eigenvalue weighted by Crippen LogP contribution is 2.25. The smallest absolute Gasteiger partial charge is 0.410 e. The van der Waals surface area contributed by atoms with Gasteiger partial charge < -0.3 is 19.7 Å². The van der Waals surface area contributed by atoms with Gasteiger partial charge in [0, 0.05) is 43.4 Å². The van der Waals surface area contributed by atoms with Gasteiger partial charge >= 0.3 is 6.09 Å². The van der Waals surface area contributed by atoms with Gasteiger partial charge in [-0.3, -0.25) is 14.9 Å². The Morgan fingerprint density at radius 2 is 1.68 bits per heavy atom. The number of hydrogen-bond donors (Lipinski definition) is 1. The molecule has 3 aromatic carbocycles. The third-order valence-electron chi connectivity index (χ3n) is 6.96. The number of benzene rings is 3.